The first-order valence-electron chi connectivity index (χ1n) is 2.69. The first-order valence-corrected chi connectivity index (χ1v) is 3.45. The largest absolute Gasteiger partial charge is 2.00 e. The molecular formula is C6H6BaCl2O7. The topological polar surface area (TPSA) is 175 Å². The van der Waals surface area contributed by atoms with E-state index in [1.165, 1.54) is 0 Å². The van der Waals surface area contributed by atoms with Gasteiger partial charge in [0.25, 0.3) is 0 Å². The number of ketones is 2. The Morgan fingerprint density at radius 3 is 1.12 bits per heavy atom. The molecule has 0 radical (unpaired) electrons. The van der Waals surface area contributed by atoms with Crippen LogP contribution in [0.1, 0.15) is 0 Å². The van der Waals surface area contributed by atoms with E-state index in [0.717, 1.165) is 0 Å². The molecular weight excluding hydrogens is 392 g/mol. The summed E-state index contributed by atoms with van der Waals surface area (Å²) in [7, 11) is 0. The van der Waals surface area contributed by atoms with Crippen LogP contribution in [0.25, 0.3) is 0 Å². The molecule has 10 heteroatoms. The van der Waals surface area contributed by atoms with Crippen molar-refractivity contribution in [3.05, 3.63) is 21.6 Å². The molecule has 1 rings (SSSR count). The molecule has 0 bridgehead atoms. The molecule has 0 spiro atoms. The van der Waals surface area contributed by atoms with Gasteiger partial charge in [0.1, 0.15) is 0 Å². The third-order valence-electron chi connectivity index (χ3n) is 1.21. The van der Waals surface area contributed by atoms with E-state index in [1.807, 2.05) is 0 Å². The SMILES string of the molecule is O.O.O.O=C1C([O-])=C(Cl)C(=O)C([O-])=C1Cl.[Ba+2]. The summed E-state index contributed by atoms with van der Waals surface area (Å²) in [5.41, 5.74) is 0. The molecule has 1 aliphatic carbocycles. The van der Waals surface area contributed by atoms with E-state index < -0.39 is 33.1 Å². The minimum absolute atomic E-state index is 0. The predicted octanol–water partition coefficient (Wildman–Crippen LogP) is -4.10. The maximum Gasteiger partial charge on any atom is 2.00 e. The second-order valence-corrected chi connectivity index (χ2v) is 2.70. The fraction of sp³-hybridized carbons (Fsp3) is 0. The Morgan fingerprint density at radius 1 is 0.750 bits per heavy atom. The van der Waals surface area contributed by atoms with Crippen LogP contribution in [0.4, 0.5) is 0 Å². The minimum atomic E-state index is -1.23. The summed E-state index contributed by atoms with van der Waals surface area (Å²) in [6, 6.07) is 0. The Kier molecular flexibility index (Phi) is 15.0. The monoisotopic (exact) mass is 398 g/mol. The number of hydrogen-bond acceptors (Lipinski definition) is 4. The number of Topliss-reactive ketones (excluding diaryl/α,β-unsaturated/α-hetero) is 2. The van der Waals surface area contributed by atoms with Crippen molar-refractivity contribution < 1.29 is 36.2 Å². The smallest absolute Gasteiger partial charge is 0.869 e. The molecule has 88 valence electrons. The second-order valence-electron chi connectivity index (χ2n) is 1.94. The Morgan fingerprint density at radius 2 is 0.938 bits per heavy atom. The van der Waals surface area contributed by atoms with E-state index in [4.69, 9.17) is 23.2 Å². The van der Waals surface area contributed by atoms with Crippen molar-refractivity contribution in [2.24, 2.45) is 0 Å². The molecule has 0 aliphatic heterocycles. The third-order valence-corrected chi connectivity index (χ3v) is 1.90. The van der Waals surface area contributed by atoms with E-state index in [0.29, 0.717) is 0 Å². The van der Waals surface area contributed by atoms with Crippen LogP contribution in [0.5, 0.6) is 0 Å². The zero-order valence-corrected chi connectivity index (χ0v) is 13.5. The summed E-state index contributed by atoms with van der Waals surface area (Å²) < 4.78 is 0. The second kappa shape index (κ2) is 9.48. The van der Waals surface area contributed by atoms with Crippen LogP contribution in [0.15, 0.2) is 21.6 Å². The standard InChI is InChI=1S/C6H2Cl2O4.Ba.3H2O/c7-1-3(9)5(11)2(8)6(12)4(1)10;;;;/h9,12H;;3*1H2/q;+2;;;/p-2. The predicted molar refractivity (Wildman–Crippen MR) is 52.4 cm³/mol. The number of allylic oxidation sites excluding steroid dienone is 2. The van der Waals surface area contributed by atoms with Gasteiger partial charge >= 0.3 is 48.9 Å². The quantitative estimate of drug-likeness (QED) is 0.298. The van der Waals surface area contributed by atoms with Gasteiger partial charge < -0.3 is 26.6 Å². The maximum atomic E-state index is 10.7. The molecule has 0 aromatic carbocycles. The van der Waals surface area contributed by atoms with E-state index in [9.17, 15) is 19.8 Å². The van der Waals surface area contributed by atoms with Crippen molar-refractivity contribution in [3.63, 3.8) is 0 Å². The van der Waals surface area contributed by atoms with Gasteiger partial charge in [-0.3, -0.25) is 9.59 Å². The number of carbonyl (C=O) groups is 2. The molecule has 0 saturated carbocycles. The van der Waals surface area contributed by atoms with Gasteiger partial charge in [-0.25, -0.2) is 0 Å². The Hall–Kier alpha value is 0.451. The van der Waals surface area contributed by atoms with Crippen molar-refractivity contribution >= 4 is 83.6 Å². The van der Waals surface area contributed by atoms with E-state index in [-0.39, 0.29) is 65.3 Å². The van der Waals surface area contributed by atoms with Crippen molar-refractivity contribution in [2.45, 2.75) is 0 Å². The fourth-order valence-electron chi connectivity index (χ4n) is 0.605. The fourth-order valence-corrected chi connectivity index (χ4v) is 0.948. The van der Waals surface area contributed by atoms with E-state index >= 15 is 0 Å². The Labute approximate surface area is 140 Å². The van der Waals surface area contributed by atoms with Crippen LogP contribution in [0, 0.1) is 0 Å². The van der Waals surface area contributed by atoms with Gasteiger partial charge in [-0.05, 0) is 11.5 Å². The summed E-state index contributed by atoms with van der Waals surface area (Å²) in [5, 5.41) is 19.6. The molecule has 0 saturated heterocycles. The number of rotatable bonds is 0. The Balaban J connectivity index is -0.000000180. The van der Waals surface area contributed by atoms with Crippen LogP contribution >= 0.6 is 23.2 Å². The van der Waals surface area contributed by atoms with Crippen LogP contribution in [0.3, 0.4) is 0 Å². The third kappa shape index (κ3) is 4.37. The maximum absolute atomic E-state index is 10.7. The van der Waals surface area contributed by atoms with Crippen LogP contribution in [0.2, 0.25) is 0 Å². The summed E-state index contributed by atoms with van der Waals surface area (Å²) in [4.78, 5) is 21.4. The van der Waals surface area contributed by atoms with Crippen LogP contribution in [-0.2, 0) is 9.59 Å². The zero-order chi connectivity index (χ0) is 9.46. The molecule has 7 nitrogen and oxygen atoms in total. The molecule has 1 aliphatic rings. The van der Waals surface area contributed by atoms with Gasteiger partial charge in [0.05, 0.1) is 10.1 Å². The number of hydrogen-bond donors (Lipinski definition) is 0. The van der Waals surface area contributed by atoms with Gasteiger partial charge in [-0.15, -0.1) is 0 Å². The van der Waals surface area contributed by atoms with Crippen molar-refractivity contribution in [2.75, 3.05) is 0 Å². The Bertz CT molecular complexity index is 287. The van der Waals surface area contributed by atoms with Gasteiger partial charge in [0.2, 0.25) is 0 Å². The molecule has 0 aromatic heterocycles. The molecule has 0 heterocycles. The first kappa shape index (κ1) is 25.3. The van der Waals surface area contributed by atoms with E-state index in [1.54, 1.807) is 0 Å². The summed E-state index contributed by atoms with van der Waals surface area (Å²) in [6.45, 7) is 0. The zero-order valence-electron chi connectivity index (χ0n) is 7.60. The number of carbonyl (C=O) groups excluding carboxylic acids is 2. The van der Waals surface area contributed by atoms with Crippen LogP contribution in [-0.4, -0.2) is 76.9 Å². The van der Waals surface area contributed by atoms with Crippen molar-refractivity contribution in [1.82, 2.24) is 0 Å². The summed E-state index contributed by atoms with van der Waals surface area (Å²) in [6.07, 6.45) is 0. The van der Waals surface area contributed by atoms with Gasteiger partial charge in [0.15, 0.2) is 11.6 Å². The summed E-state index contributed by atoms with van der Waals surface area (Å²) in [5.74, 6) is -4.92. The van der Waals surface area contributed by atoms with E-state index in [2.05, 4.69) is 0 Å². The molecule has 0 aromatic rings. The molecule has 0 unspecified atom stereocenters. The van der Waals surface area contributed by atoms with Crippen molar-refractivity contribution in [1.29, 1.82) is 0 Å². The minimum Gasteiger partial charge on any atom is -0.869 e. The average molecular weight is 398 g/mol. The molecule has 0 atom stereocenters. The molecule has 16 heavy (non-hydrogen) atoms. The van der Waals surface area contributed by atoms with Gasteiger partial charge in [0, 0.05) is 0 Å². The molecule has 0 amide bonds. The van der Waals surface area contributed by atoms with Gasteiger partial charge in [-0.1, -0.05) is 23.2 Å². The van der Waals surface area contributed by atoms with Crippen molar-refractivity contribution in [3.8, 4) is 0 Å². The normalized spacial score (nSPS) is 14.4. The van der Waals surface area contributed by atoms with Gasteiger partial charge in [-0.2, -0.15) is 0 Å². The average Bonchev–Trinajstić information content (AvgIpc) is 2.08. The van der Waals surface area contributed by atoms with Crippen LogP contribution < -0.4 is 10.2 Å². The number of halogens is 2. The summed E-state index contributed by atoms with van der Waals surface area (Å²) >= 11 is 10.2. The molecule has 6 N–H and O–H groups in total. The molecule has 0 fully saturated rings. The first-order chi connectivity index (χ1) is 5.46.